The van der Waals surface area contributed by atoms with Gasteiger partial charge in [0.2, 0.25) is 0 Å². The van der Waals surface area contributed by atoms with Gasteiger partial charge in [-0.3, -0.25) is 4.90 Å². The van der Waals surface area contributed by atoms with Crippen molar-refractivity contribution in [2.24, 2.45) is 0 Å². The van der Waals surface area contributed by atoms with Gasteiger partial charge >= 0.3 is 0 Å². The van der Waals surface area contributed by atoms with Crippen molar-refractivity contribution in [2.45, 2.75) is 6.04 Å². The maximum atomic E-state index is 3.87. The second-order valence-corrected chi connectivity index (χ2v) is 2.78. The van der Waals surface area contributed by atoms with Crippen LogP contribution in [0.25, 0.3) is 0 Å². The molecule has 0 atom stereocenters. The van der Waals surface area contributed by atoms with Crippen molar-refractivity contribution >= 4 is 0 Å². The Kier molecular flexibility index (Phi) is 1.54. The fourth-order valence-electron chi connectivity index (χ4n) is 0.972. The number of nitrogens with zero attached hydrogens (tertiary/aromatic N) is 1. The van der Waals surface area contributed by atoms with Gasteiger partial charge in [-0.15, -0.1) is 0 Å². The van der Waals surface area contributed by atoms with Crippen LogP contribution in [0.5, 0.6) is 0 Å². The minimum absolute atomic E-state index is 0.794. The van der Waals surface area contributed by atoms with Crippen LogP contribution < -0.4 is 4.90 Å². The predicted octanol–water partition coefficient (Wildman–Crippen LogP) is -1.39. The van der Waals surface area contributed by atoms with Crippen LogP contribution in [0.3, 0.4) is 0 Å². The van der Waals surface area contributed by atoms with Gasteiger partial charge in [0.25, 0.3) is 0 Å². The van der Waals surface area contributed by atoms with E-state index in [0.29, 0.717) is 0 Å². The molecule has 1 saturated heterocycles. The molecule has 0 radical (unpaired) electrons. The van der Waals surface area contributed by atoms with E-state index in [-0.39, 0.29) is 0 Å². The van der Waals surface area contributed by atoms with Crippen LogP contribution in [0.2, 0.25) is 0 Å². The van der Waals surface area contributed by atoms with Gasteiger partial charge in [0.15, 0.2) is 0 Å². The largest absolute Gasteiger partial charge is 0.465 e. The van der Waals surface area contributed by atoms with Gasteiger partial charge in [-0.1, -0.05) is 0 Å². The zero-order valence-corrected chi connectivity index (χ0v) is 5.65. The zero-order valence-electron chi connectivity index (χ0n) is 5.65. The van der Waals surface area contributed by atoms with E-state index < -0.39 is 0 Å². The minimum atomic E-state index is 0.794. The Hall–Kier alpha value is -0.0800. The summed E-state index contributed by atoms with van der Waals surface area (Å²) in [5, 5.41) is 0. The molecule has 48 valence electrons. The third-order valence-electron chi connectivity index (χ3n) is 1.78. The van der Waals surface area contributed by atoms with Crippen molar-refractivity contribution in [3.63, 3.8) is 0 Å². The maximum Gasteiger partial charge on any atom is 0.104 e. The SMILES string of the molecule is [CH2-][NH+]1CC(N(C)C)C1. The first-order valence-electron chi connectivity index (χ1n) is 3.03. The summed E-state index contributed by atoms with van der Waals surface area (Å²) in [4.78, 5) is 3.66. The molecule has 1 aliphatic rings. The van der Waals surface area contributed by atoms with Crippen molar-refractivity contribution < 1.29 is 4.90 Å². The van der Waals surface area contributed by atoms with Crippen molar-refractivity contribution in [3.8, 4) is 0 Å². The van der Waals surface area contributed by atoms with E-state index in [2.05, 4.69) is 26.0 Å². The van der Waals surface area contributed by atoms with Gasteiger partial charge in [0.1, 0.15) is 6.04 Å². The molecule has 2 heteroatoms. The molecule has 1 heterocycles. The normalized spacial score (nSPS) is 37.5. The van der Waals surface area contributed by atoms with E-state index in [1.165, 1.54) is 18.0 Å². The van der Waals surface area contributed by atoms with Crippen LogP contribution in [0, 0.1) is 7.05 Å². The molecular weight excluding hydrogens is 100 g/mol. The van der Waals surface area contributed by atoms with Gasteiger partial charge in [-0.25, -0.2) is 0 Å². The van der Waals surface area contributed by atoms with Crippen molar-refractivity contribution in [2.75, 3.05) is 27.2 Å². The summed E-state index contributed by atoms with van der Waals surface area (Å²) in [5.41, 5.74) is 0. The molecular formula is C6H14N2. The lowest BCUT2D eigenvalue weighted by Crippen LogP contribution is -3.17. The van der Waals surface area contributed by atoms with Crippen molar-refractivity contribution in [3.05, 3.63) is 7.05 Å². The molecule has 1 rings (SSSR count). The van der Waals surface area contributed by atoms with E-state index in [4.69, 9.17) is 0 Å². The summed E-state index contributed by atoms with van der Waals surface area (Å²) in [7, 11) is 8.11. The Labute approximate surface area is 51.1 Å². The Morgan fingerprint density at radius 1 is 1.50 bits per heavy atom. The highest BCUT2D eigenvalue weighted by Crippen LogP contribution is 1.91. The average Bonchev–Trinajstić information content (AvgIpc) is 1.57. The van der Waals surface area contributed by atoms with E-state index in [1.807, 2.05) is 0 Å². The van der Waals surface area contributed by atoms with E-state index >= 15 is 0 Å². The number of likely N-dealkylation sites (tertiary alicyclic amines) is 1. The molecule has 0 aliphatic carbocycles. The lowest BCUT2D eigenvalue weighted by Gasteiger charge is -2.41. The van der Waals surface area contributed by atoms with E-state index in [9.17, 15) is 0 Å². The van der Waals surface area contributed by atoms with E-state index in [1.54, 1.807) is 0 Å². The average molecular weight is 114 g/mol. The van der Waals surface area contributed by atoms with Crippen molar-refractivity contribution in [1.29, 1.82) is 0 Å². The van der Waals surface area contributed by atoms with Gasteiger partial charge in [0.05, 0.1) is 13.1 Å². The highest BCUT2D eigenvalue weighted by atomic mass is 15.3. The fourth-order valence-corrected chi connectivity index (χ4v) is 0.972. The summed E-state index contributed by atoms with van der Waals surface area (Å²) < 4.78 is 0. The lowest BCUT2D eigenvalue weighted by molar-refractivity contribution is -0.902. The van der Waals surface area contributed by atoms with Crippen LogP contribution >= 0.6 is 0 Å². The van der Waals surface area contributed by atoms with Gasteiger partial charge < -0.3 is 4.90 Å². The summed E-state index contributed by atoms with van der Waals surface area (Å²) >= 11 is 0. The molecule has 0 aromatic heterocycles. The van der Waals surface area contributed by atoms with Crippen LogP contribution in [-0.2, 0) is 0 Å². The number of nitrogens with one attached hydrogen (secondary N) is 1. The first-order chi connectivity index (χ1) is 3.70. The number of hydrogen-bond acceptors (Lipinski definition) is 1. The predicted molar refractivity (Wildman–Crippen MR) is 33.5 cm³/mol. The molecule has 0 saturated carbocycles. The van der Waals surface area contributed by atoms with Crippen LogP contribution in [0.1, 0.15) is 0 Å². The molecule has 1 fully saturated rings. The zero-order chi connectivity index (χ0) is 6.15. The Balaban J connectivity index is 2.15. The molecule has 1 N–H and O–H groups in total. The first-order valence-corrected chi connectivity index (χ1v) is 3.03. The maximum absolute atomic E-state index is 3.87. The summed E-state index contributed by atoms with van der Waals surface area (Å²) in [5.74, 6) is 0. The number of quaternary nitrogens is 1. The topological polar surface area (TPSA) is 7.68 Å². The molecule has 0 bridgehead atoms. The first kappa shape index (κ1) is 6.05. The molecule has 2 nitrogen and oxygen atoms in total. The minimum Gasteiger partial charge on any atom is -0.465 e. The molecule has 8 heavy (non-hydrogen) atoms. The number of likely N-dealkylation sites (N-methyl/N-ethyl adjacent to an activating group) is 1. The molecule has 0 aromatic rings. The van der Waals surface area contributed by atoms with Crippen molar-refractivity contribution in [1.82, 2.24) is 4.90 Å². The number of rotatable bonds is 1. The molecule has 0 unspecified atom stereocenters. The molecule has 0 amide bonds. The lowest BCUT2D eigenvalue weighted by atomic mass is 10.1. The number of hydrogen-bond donors (Lipinski definition) is 1. The second-order valence-electron chi connectivity index (χ2n) is 2.78. The molecule has 1 aliphatic heterocycles. The summed E-state index contributed by atoms with van der Waals surface area (Å²) in [6.45, 7) is 2.43. The standard InChI is InChI=1S/C6H14N2/c1-7(2)6-4-8(3)5-6/h6,8H,3-5H2,1-2H3. The van der Waals surface area contributed by atoms with Crippen LogP contribution in [0.15, 0.2) is 0 Å². The summed E-state index contributed by atoms with van der Waals surface area (Å²) in [6, 6.07) is 0.794. The van der Waals surface area contributed by atoms with Crippen LogP contribution in [-0.4, -0.2) is 38.1 Å². The van der Waals surface area contributed by atoms with Gasteiger partial charge in [-0.2, -0.15) is 7.05 Å². The third-order valence-corrected chi connectivity index (χ3v) is 1.78. The van der Waals surface area contributed by atoms with Gasteiger partial charge in [0, 0.05) is 0 Å². The van der Waals surface area contributed by atoms with Gasteiger partial charge in [-0.05, 0) is 14.1 Å². The summed E-state index contributed by atoms with van der Waals surface area (Å²) in [6.07, 6.45) is 0. The Bertz CT molecular complexity index is 74.6. The monoisotopic (exact) mass is 114 g/mol. The molecule has 0 spiro atoms. The Morgan fingerprint density at radius 2 is 2.00 bits per heavy atom. The smallest absolute Gasteiger partial charge is 0.104 e. The fraction of sp³-hybridized carbons (Fsp3) is 0.833. The van der Waals surface area contributed by atoms with Crippen LogP contribution in [0.4, 0.5) is 0 Å². The quantitative estimate of drug-likeness (QED) is 0.412. The highest BCUT2D eigenvalue weighted by Gasteiger charge is 2.25. The van der Waals surface area contributed by atoms with E-state index in [0.717, 1.165) is 6.04 Å². The molecule has 0 aromatic carbocycles. The second kappa shape index (κ2) is 2.03. The highest BCUT2D eigenvalue weighted by molar-refractivity contribution is 4.69. The Morgan fingerprint density at radius 3 is 2.12 bits per heavy atom. The third kappa shape index (κ3) is 1.01.